The van der Waals surface area contributed by atoms with Crippen LogP contribution in [0.25, 0.3) is 0 Å². The molecule has 0 saturated carbocycles. The molecule has 0 saturated heterocycles. The molecule has 0 unspecified atom stereocenters. The maximum Gasteiger partial charge on any atom is 0.183 e. The van der Waals surface area contributed by atoms with E-state index in [1.54, 1.807) is 0 Å². The lowest BCUT2D eigenvalue weighted by atomic mass is 10.3. The van der Waals surface area contributed by atoms with Gasteiger partial charge in [-0.05, 0) is 49.1 Å². The van der Waals surface area contributed by atoms with Gasteiger partial charge >= 0.3 is 0 Å². The third-order valence-electron chi connectivity index (χ3n) is 2.97. The summed E-state index contributed by atoms with van der Waals surface area (Å²) in [6.07, 6.45) is 1.93. The van der Waals surface area contributed by atoms with Crippen molar-refractivity contribution >= 4 is 39.8 Å². The molecule has 0 aromatic heterocycles. The largest absolute Gasteiger partial charge is 0.418 e. The van der Waals surface area contributed by atoms with Gasteiger partial charge in [0.15, 0.2) is 8.32 Å². The molecule has 0 radical (unpaired) electrons. The first kappa shape index (κ1) is 20.0. The molecule has 1 rings (SSSR count). The third-order valence-corrected chi connectivity index (χ3v) is 9.45. The fourth-order valence-corrected chi connectivity index (χ4v) is 7.06. The van der Waals surface area contributed by atoms with E-state index in [1.807, 2.05) is 11.8 Å². The number of hydrogen-bond donors (Lipinski definition) is 0. The van der Waals surface area contributed by atoms with Gasteiger partial charge in [0.05, 0.1) is 8.07 Å². The lowest BCUT2D eigenvalue weighted by molar-refractivity contribution is 0.305. The van der Waals surface area contributed by atoms with E-state index < -0.39 is 16.4 Å². The molecule has 0 atom stereocenters. The Labute approximate surface area is 147 Å². The summed E-state index contributed by atoms with van der Waals surface area (Å²) < 4.78 is 7.32. The van der Waals surface area contributed by atoms with Gasteiger partial charge in [-0.2, -0.15) is 0 Å². The van der Waals surface area contributed by atoms with Crippen LogP contribution in [0.3, 0.4) is 0 Å². The third kappa shape index (κ3) is 8.02. The van der Waals surface area contributed by atoms with Crippen molar-refractivity contribution in [2.24, 2.45) is 0 Å². The normalized spacial score (nSPS) is 14.0. The van der Waals surface area contributed by atoms with E-state index in [9.17, 15) is 0 Å². The average Bonchev–Trinajstić information content (AvgIpc) is 2.39. The monoisotopic (exact) mass is 372 g/mol. The quantitative estimate of drug-likeness (QED) is 0.284. The van der Waals surface area contributed by atoms with Gasteiger partial charge in [-0.3, -0.25) is 0 Å². The molecule has 0 bridgehead atoms. The van der Waals surface area contributed by atoms with Crippen LogP contribution in [0.15, 0.2) is 44.8 Å². The molecular formula is C17H29ClOSSi2. The molecule has 0 aliphatic rings. The van der Waals surface area contributed by atoms with Crippen molar-refractivity contribution in [2.45, 2.75) is 57.0 Å². The van der Waals surface area contributed by atoms with Gasteiger partial charge in [-0.15, -0.1) is 0 Å². The zero-order valence-corrected chi connectivity index (χ0v) is 18.3. The fourth-order valence-electron chi connectivity index (χ4n) is 1.94. The predicted octanol–water partition coefficient (Wildman–Crippen LogP) is 6.74. The lowest BCUT2D eigenvalue weighted by Gasteiger charge is -2.23. The van der Waals surface area contributed by atoms with Gasteiger partial charge in [0.2, 0.25) is 0 Å². The van der Waals surface area contributed by atoms with Crippen molar-refractivity contribution < 1.29 is 4.43 Å². The van der Waals surface area contributed by atoms with Crippen molar-refractivity contribution in [2.75, 3.05) is 6.61 Å². The van der Waals surface area contributed by atoms with Gasteiger partial charge in [-0.25, -0.2) is 0 Å². The van der Waals surface area contributed by atoms with E-state index in [4.69, 9.17) is 16.0 Å². The Morgan fingerprint density at radius 1 is 1.05 bits per heavy atom. The number of allylic oxidation sites excluding steroid dienone is 1. The zero-order chi connectivity index (χ0) is 16.8. The molecule has 0 heterocycles. The van der Waals surface area contributed by atoms with E-state index in [-0.39, 0.29) is 0 Å². The molecule has 0 amide bonds. The molecule has 22 heavy (non-hydrogen) atoms. The molecule has 0 aliphatic carbocycles. The summed E-state index contributed by atoms with van der Waals surface area (Å²) in [7, 11) is -2.86. The lowest BCUT2D eigenvalue weighted by Crippen LogP contribution is -2.26. The van der Waals surface area contributed by atoms with E-state index >= 15 is 0 Å². The highest BCUT2D eigenvalue weighted by Crippen LogP contribution is 2.38. The SMILES string of the molecule is C[Si](C)(C)OCCC/C(Cl)=C(/Sc1ccccc1)[Si](C)(C)C. The number of benzene rings is 1. The number of halogens is 1. The maximum atomic E-state index is 6.68. The molecule has 0 fully saturated rings. The molecule has 1 nitrogen and oxygen atoms in total. The molecule has 1 aromatic carbocycles. The second-order valence-corrected chi connectivity index (χ2v) is 18.9. The summed E-state index contributed by atoms with van der Waals surface area (Å²) in [6, 6.07) is 10.5. The summed E-state index contributed by atoms with van der Waals surface area (Å²) in [5, 5.41) is 1.03. The van der Waals surface area contributed by atoms with Crippen molar-refractivity contribution in [1.82, 2.24) is 0 Å². The van der Waals surface area contributed by atoms with Crippen LogP contribution in [0.2, 0.25) is 39.3 Å². The second-order valence-electron chi connectivity index (χ2n) is 7.46. The van der Waals surface area contributed by atoms with Crippen LogP contribution in [0.4, 0.5) is 0 Å². The molecule has 124 valence electrons. The highest BCUT2D eigenvalue weighted by molar-refractivity contribution is 8.05. The standard InChI is InChI=1S/C17H29ClOSSi2/c1-21(2,3)17(20-15-11-8-7-9-12-15)16(18)13-10-14-19-22(4,5)6/h7-9,11-12H,10,13-14H2,1-6H3/b17-16+. The Balaban J connectivity index is 2.73. The molecule has 0 aliphatic heterocycles. The van der Waals surface area contributed by atoms with Crippen molar-refractivity contribution in [1.29, 1.82) is 0 Å². The summed E-state index contributed by atoms with van der Waals surface area (Å²) in [6.45, 7) is 14.6. The zero-order valence-electron chi connectivity index (χ0n) is 14.7. The molecule has 5 heteroatoms. The van der Waals surface area contributed by atoms with Crippen LogP contribution in [0, 0.1) is 0 Å². The summed E-state index contributed by atoms with van der Waals surface area (Å²) in [5.74, 6) is 0. The minimum atomic E-state index is -1.45. The Morgan fingerprint density at radius 2 is 1.64 bits per heavy atom. The second kappa shape index (κ2) is 8.74. The van der Waals surface area contributed by atoms with E-state index in [0.717, 1.165) is 24.5 Å². The van der Waals surface area contributed by atoms with Crippen LogP contribution in [0.5, 0.6) is 0 Å². The van der Waals surface area contributed by atoms with E-state index in [1.165, 1.54) is 9.42 Å². The Morgan fingerprint density at radius 3 is 2.14 bits per heavy atom. The summed E-state index contributed by atoms with van der Waals surface area (Å²) >= 11 is 8.53. The number of rotatable bonds is 8. The smallest absolute Gasteiger partial charge is 0.183 e. The topological polar surface area (TPSA) is 9.23 Å². The Kier molecular flexibility index (Phi) is 7.96. The first-order valence-corrected chi connectivity index (χ1v) is 16.0. The molecule has 0 N–H and O–H groups in total. The highest BCUT2D eigenvalue weighted by Gasteiger charge is 2.24. The first-order valence-electron chi connectivity index (χ1n) is 7.85. The van der Waals surface area contributed by atoms with Crippen LogP contribution in [-0.4, -0.2) is 23.0 Å². The van der Waals surface area contributed by atoms with Crippen molar-refractivity contribution in [3.63, 3.8) is 0 Å². The Bertz CT molecular complexity index is 490. The molecule has 1 aromatic rings. The van der Waals surface area contributed by atoms with Crippen LogP contribution >= 0.6 is 23.4 Å². The van der Waals surface area contributed by atoms with E-state index in [0.29, 0.717) is 0 Å². The van der Waals surface area contributed by atoms with Gasteiger partial charge in [0.1, 0.15) is 0 Å². The Hall–Kier alpha value is -0.00623. The minimum Gasteiger partial charge on any atom is -0.418 e. The summed E-state index contributed by atoms with van der Waals surface area (Å²) in [5.41, 5.74) is 0. The summed E-state index contributed by atoms with van der Waals surface area (Å²) in [4.78, 5) is 1.27. The fraction of sp³-hybridized carbons (Fsp3) is 0.529. The van der Waals surface area contributed by atoms with Crippen molar-refractivity contribution in [3.05, 3.63) is 39.9 Å². The van der Waals surface area contributed by atoms with Gasteiger partial charge < -0.3 is 4.43 Å². The highest BCUT2D eigenvalue weighted by atomic mass is 35.5. The van der Waals surface area contributed by atoms with Gasteiger partial charge in [-0.1, -0.05) is 61.2 Å². The minimum absolute atomic E-state index is 0.820. The average molecular weight is 373 g/mol. The van der Waals surface area contributed by atoms with Gasteiger partial charge in [0, 0.05) is 16.5 Å². The number of hydrogen-bond acceptors (Lipinski definition) is 2. The maximum absolute atomic E-state index is 6.68. The van der Waals surface area contributed by atoms with Gasteiger partial charge in [0.25, 0.3) is 0 Å². The number of thioether (sulfide) groups is 1. The van der Waals surface area contributed by atoms with Crippen LogP contribution < -0.4 is 0 Å². The van der Waals surface area contributed by atoms with Crippen molar-refractivity contribution in [3.8, 4) is 0 Å². The van der Waals surface area contributed by atoms with Crippen LogP contribution in [0.1, 0.15) is 12.8 Å². The predicted molar refractivity (Wildman–Crippen MR) is 107 cm³/mol. The van der Waals surface area contributed by atoms with Crippen LogP contribution in [-0.2, 0) is 4.43 Å². The van der Waals surface area contributed by atoms with E-state index in [2.05, 4.69) is 69.6 Å². The first-order chi connectivity index (χ1) is 10.1. The molecule has 0 spiro atoms. The molecular weight excluding hydrogens is 344 g/mol.